The maximum atomic E-state index is 13.7. The van der Waals surface area contributed by atoms with Gasteiger partial charge < -0.3 is 8.58 Å². The number of aryl methyl sites for hydroxylation is 2. The van der Waals surface area contributed by atoms with Crippen molar-refractivity contribution in [3.05, 3.63) is 114 Å². The first-order chi connectivity index (χ1) is 16.9. The van der Waals surface area contributed by atoms with Crippen LogP contribution in [0, 0.1) is 25.2 Å². The predicted molar refractivity (Wildman–Crippen MR) is 137 cm³/mol. The van der Waals surface area contributed by atoms with Crippen molar-refractivity contribution in [1.82, 2.24) is 4.40 Å². The van der Waals surface area contributed by atoms with Crippen LogP contribution < -0.4 is 4.18 Å². The molecule has 0 aliphatic carbocycles. The van der Waals surface area contributed by atoms with Gasteiger partial charge in [-0.2, -0.15) is 13.7 Å². The monoisotopic (exact) mass is 478 g/mol. The Hall–Kier alpha value is -4.34. The number of nitrogens with zero attached hydrogens (tertiary/aromatic N) is 2. The zero-order valence-corrected chi connectivity index (χ0v) is 20.1. The zero-order valence-electron chi connectivity index (χ0n) is 19.3. The molecule has 0 amide bonds. The lowest BCUT2D eigenvalue weighted by Crippen LogP contribution is -2.13. The number of benzene rings is 3. The number of nitriles is 1. The van der Waals surface area contributed by atoms with Crippen LogP contribution in [0.5, 0.6) is 5.75 Å². The van der Waals surface area contributed by atoms with Crippen LogP contribution in [-0.2, 0) is 10.1 Å². The van der Waals surface area contributed by atoms with Crippen molar-refractivity contribution in [2.24, 2.45) is 0 Å². The van der Waals surface area contributed by atoms with Gasteiger partial charge in [-0.1, -0.05) is 78.9 Å². The third kappa shape index (κ3) is 3.86. The van der Waals surface area contributed by atoms with E-state index in [9.17, 15) is 13.7 Å². The molecule has 0 aliphatic rings. The lowest BCUT2D eigenvalue weighted by molar-refractivity contribution is 0.488. The third-order valence-electron chi connectivity index (χ3n) is 6.00. The molecule has 5 aromatic rings. The fourth-order valence-electron chi connectivity index (χ4n) is 4.54. The molecule has 0 fully saturated rings. The Morgan fingerprint density at radius 3 is 1.97 bits per heavy atom. The summed E-state index contributed by atoms with van der Waals surface area (Å²) in [5.74, 6) is 0.134. The highest BCUT2D eigenvalue weighted by atomic mass is 32.2. The largest absolute Gasteiger partial charge is 0.376 e. The van der Waals surface area contributed by atoms with Gasteiger partial charge in [0, 0.05) is 6.20 Å². The molecular formula is C29H22N2O3S. The summed E-state index contributed by atoms with van der Waals surface area (Å²) in [4.78, 5) is 0.133. The summed E-state index contributed by atoms with van der Waals surface area (Å²) in [6, 6.07) is 30.1. The van der Waals surface area contributed by atoms with Crippen molar-refractivity contribution in [2.45, 2.75) is 18.7 Å². The summed E-state index contributed by atoms with van der Waals surface area (Å²) in [6.07, 6.45) is 1.82. The van der Waals surface area contributed by atoms with E-state index in [1.165, 1.54) is 0 Å². The van der Waals surface area contributed by atoms with E-state index >= 15 is 0 Å². The lowest BCUT2D eigenvalue weighted by atomic mass is 10.0. The quantitative estimate of drug-likeness (QED) is 0.269. The van der Waals surface area contributed by atoms with Crippen LogP contribution in [0.1, 0.15) is 16.7 Å². The average Bonchev–Trinajstić information content (AvgIpc) is 3.18. The van der Waals surface area contributed by atoms with E-state index in [1.807, 2.05) is 77.3 Å². The highest BCUT2D eigenvalue weighted by Gasteiger charge is 2.30. The minimum absolute atomic E-state index is 0.133. The molecule has 172 valence electrons. The standard InChI is InChI=1S/C29H22N2O3S/c1-20-11-9-12-21(2)29(20)35(32,33)34-28-25(22-13-5-3-6-14-22)26(23-15-7-4-8-16-23)31-18-10-17-24(19-30)27(28)31/h3-18H,1-2H3. The van der Waals surface area contributed by atoms with Crippen molar-refractivity contribution in [2.75, 3.05) is 0 Å². The van der Waals surface area contributed by atoms with Crippen molar-refractivity contribution in [1.29, 1.82) is 5.26 Å². The van der Waals surface area contributed by atoms with E-state index < -0.39 is 10.1 Å². The van der Waals surface area contributed by atoms with Gasteiger partial charge in [-0.25, -0.2) is 0 Å². The van der Waals surface area contributed by atoms with Crippen LogP contribution in [0.4, 0.5) is 0 Å². The number of rotatable bonds is 5. The van der Waals surface area contributed by atoms with Crippen molar-refractivity contribution in [3.63, 3.8) is 0 Å². The van der Waals surface area contributed by atoms with Gasteiger partial charge >= 0.3 is 10.1 Å². The molecule has 2 aromatic heterocycles. The van der Waals surface area contributed by atoms with E-state index in [4.69, 9.17) is 4.18 Å². The molecular weight excluding hydrogens is 456 g/mol. The Kier molecular flexibility index (Phi) is 5.64. The molecule has 0 radical (unpaired) electrons. The molecule has 0 saturated heterocycles. The van der Waals surface area contributed by atoms with Gasteiger partial charge in [-0.15, -0.1) is 0 Å². The fraction of sp³-hybridized carbons (Fsp3) is 0.0690. The van der Waals surface area contributed by atoms with E-state index in [1.54, 1.807) is 38.1 Å². The summed E-state index contributed by atoms with van der Waals surface area (Å²) >= 11 is 0. The van der Waals surface area contributed by atoms with Crippen LogP contribution in [-0.4, -0.2) is 12.8 Å². The van der Waals surface area contributed by atoms with E-state index in [0.29, 0.717) is 27.8 Å². The van der Waals surface area contributed by atoms with Crippen LogP contribution in [0.15, 0.2) is 102 Å². The summed E-state index contributed by atoms with van der Waals surface area (Å²) < 4.78 is 35.2. The Balaban J connectivity index is 1.90. The Morgan fingerprint density at radius 2 is 1.37 bits per heavy atom. The smallest absolute Gasteiger partial charge is 0.339 e. The molecule has 0 aliphatic heterocycles. The van der Waals surface area contributed by atoms with Crippen LogP contribution in [0.2, 0.25) is 0 Å². The number of hydrogen-bond acceptors (Lipinski definition) is 4. The Bertz CT molecular complexity index is 1680. The summed E-state index contributed by atoms with van der Waals surface area (Å²) in [5.41, 5.74) is 4.92. The molecule has 0 bridgehead atoms. The van der Waals surface area contributed by atoms with Gasteiger partial charge in [-0.05, 0) is 48.2 Å². The molecule has 0 N–H and O–H groups in total. The van der Waals surface area contributed by atoms with Gasteiger partial charge in [-0.3, -0.25) is 0 Å². The van der Waals surface area contributed by atoms with Crippen LogP contribution >= 0.6 is 0 Å². The third-order valence-corrected chi connectivity index (χ3v) is 7.53. The first kappa shape index (κ1) is 22.5. The maximum absolute atomic E-state index is 13.7. The van der Waals surface area contributed by atoms with Crippen LogP contribution in [0.3, 0.4) is 0 Å². The Labute approximate surface area is 204 Å². The van der Waals surface area contributed by atoms with E-state index in [-0.39, 0.29) is 10.6 Å². The summed E-state index contributed by atoms with van der Waals surface area (Å²) in [7, 11) is -4.21. The van der Waals surface area contributed by atoms with Crippen molar-refractivity contribution < 1.29 is 12.6 Å². The number of fused-ring (bicyclic) bond motifs is 1. The number of hydrogen-bond donors (Lipinski definition) is 0. The molecule has 2 heterocycles. The van der Waals surface area contributed by atoms with E-state index in [0.717, 1.165) is 16.8 Å². The second-order valence-corrected chi connectivity index (χ2v) is 9.78. The van der Waals surface area contributed by atoms with Crippen molar-refractivity contribution >= 4 is 15.6 Å². The predicted octanol–water partition coefficient (Wildman–Crippen LogP) is 6.53. The normalized spacial score (nSPS) is 11.3. The number of aromatic nitrogens is 1. The van der Waals surface area contributed by atoms with Gasteiger partial charge in [0.25, 0.3) is 0 Å². The second-order valence-electron chi connectivity index (χ2n) is 8.30. The average molecular weight is 479 g/mol. The van der Waals surface area contributed by atoms with Crippen LogP contribution in [0.25, 0.3) is 27.9 Å². The molecule has 0 spiro atoms. The molecule has 5 rings (SSSR count). The van der Waals surface area contributed by atoms with E-state index in [2.05, 4.69) is 6.07 Å². The lowest BCUT2D eigenvalue weighted by Gasteiger charge is -2.13. The highest BCUT2D eigenvalue weighted by Crippen LogP contribution is 2.46. The second kappa shape index (κ2) is 8.79. The molecule has 0 atom stereocenters. The number of pyridine rings is 1. The first-order valence-electron chi connectivity index (χ1n) is 11.1. The van der Waals surface area contributed by atoms with Gasteiger partial charge in [0.1, 0.15) is 16.5 Å². The van der Waals surface area contributed by atoms with Gasteiger partial charge in [0.15, 0.2) is 5.75 Å². The fourth-order valence-corrected chi connectivity index (χ4v) is 5.93. The van der Waals surface area contributed by atoms with Crippen molar-refractivity contribution in [3.8, 4) is 34.2 Å². The highest BCUT2D eigenvalue weighted by molar-refractivity contribution is 7.87. The first-order valence-corrected chi connectivity index (χ1v) is 12.5. The zero-order chi connectivity index (χ0) is 24.6. The minimum atomic E-state index is -4.21. The molecule has 0 unspecified atom stereocenters. The van der Waals surface area contributed by atoms with Gasteiger partial charge in [0.2, 0.25) is 0 Å². The topological polar surface area (TPSA) is 71.6 Å². The maximum Gasteiger partial charge on any atom is 0.339 e. The minimum Gasteiger partial charge on any atom is -0.376 e. The SMILES string of the molecule is Cc1cccc(C)c1S(=O)(=O)Oc1c(-c2ccccc2)c(-c2ccccc2)n2cccc(C#N)c12. The molecule has 6 heteroatoms. The summed E-state index contributed by atoms with van der Waals surface area (Å²) in [5, 5.41) is 9.94. The Morgan fingerprint density at radius 1 is 0.771 bits per heavy atom. The molecule has 3 aromatic carbocycles. The molecule has 5 nitrogen and oxygen atoms in total. The molecule has 35 heavy (non-hydrogen) atoms. The van der Waals surface area contributed by atoms with Gasteiger partial charge in [0.05, 0.1) is 16.8 Å². The summed E-state index contributed by atoms with van der Waals surface area (Å²) in [6.45, 7) is 3.49. The molecule has 0 saturated carbocycles.